The Morgan fingerprint density at radius 1 is 1.41 bits per heavy atom. The topological polar surface area (TPSA) is 55.1 Å². The fourth-order valence-corrected chi connectivity index (χ4v) is 2.41. The normalized spacial score (nSPS) is 16.8. The molecule has 0 radical (unpaired) electrons. The molecule has 3 N–H and O–H groups in total. The highest BCUT2D eigenvalue weighted by atomic mass is 35.5. The van der Waals surface area contributed by atoms with Gasteiger partial charge in [-0.2, -0.15) is 0 Å². The minimum atomic E-state index is -0.502. The molecule has 1 aromatic carbocycles. The molecule has 1 aliphatic heterocycles. The Bertz CT molecular complexity index is 469. The monoisotopic (exact) mass is 252 g/mol. The maximum absolute atomic E-state index is 11.8. The van der Waals surface area contributed by atoms with Gasteiger partial charge in [-0.15, -0.1) is 0 Å². The van der Waals surface area contributed by atoms with E-state index in [2.05, 4.69) is 11.4 Å². The second-order valence-electron chi connectivity index (χ2n) is 4.97. The van der Waals surface area contributed by atoms with E-state index in [1.165, 1.54) is 0 Å². The number of rotatable bonds is 3. The average molecular weight is 253 g/mol. The molecule has 17 heavy (non-hydrogen) atoms. The number of carbonyl (C=O) groups excluding carboxylic acids is 1. The van der Waals surface area contributed by atoms with Crippen molar-refractivity contribution in [2.24, 2.45) is 5.73 Å². The van der Waals surface area contributed by atoms with Crippen LogP contribution in [-0.2, 0) is 16.6 Å². The van der Waals surface area contributed by atoms with Crippen LogP contribution in [0.1, 0.15) is 31.4 Å². The number of amides is 1. The summed E-state index contributed by atoms with van der Waals surface area (Å²) in [6, 6.07) is 3.98. The first kappa shape index (κ1) is 12.4. The molecular weight excluding hydrogens is 236 g/mol. The van der Waals surface area contributed by atoms with Crippen molar-refractivity contribution < 1.29 is 4.79 Å². The molecule has 1 heterocycles. The predicted molar refractivity (Wildman–Crippen MR) is 70.5 cm³/mol. The first-order valence-corrected chi connectivity index (χ1v) is 6.19. The summed E-state index contributed by atoms with van der Waals surface area (Å²) in [6.07, 6.45) is 1.82. The van der Waals surface area contributed by atoms with Crippen molar-refractivity contribution in [1.29, 1.82) is 0 Å². The molecule has 0 unspecified atom stereocenters. The van der Waals surface area contributed by atoms with Crippen molar-refractivity contribution in [3.8, 4) is 0 Å². The van der Waals surface area contributed by atoms with E-state index in [1.807, 2.05) is 19.9 Å². The second kappa shape index (κ2) is 4.31. The van der Waals surface area contributed by atoms with Crippen molar-refractivity contribution >= 4 is 23.2 Å². The molecule has 92 valence electrons. The van der Waals surface area contributed by atoms with E-state index in [0.717, 1.165) is 29.7 Å². The molecule has 0 saturated heterocycles. The van der Waals surface area contributed by atoms with Crippen LogP contribution in [0.5, 0.6) is 0 Å². The molecule has 3 nitrogen and oxygen atoms in total. The summed E-state index contributed by atoms with van der Waals surface area (Å²) in [5.41, 5.74) is 7.89. The standard InChI is InChI=1S/C13H17ClN2O/c1-13(2)9-6-8(4-3-5-15)7-10(14)11(9)16-12(13)17/h6-7H,3-5,15H2,1-2H3,(H,16,17). The summed E-state index contributed by atoms with van der Waals surface area (Å²) in [7, 11) is 0. The summed E-state index contributed by atoms with van der Waals surface area (Å²) in [5.74, 6) is 0.00498. The number of aryl methyl sites for hydroxylation is 1. The van der Waals surface area contributed by atoms with Crippen LogP contribution in [-0.4, -0.2) is 12.5 Å². The molecule has 0 saturated carbocycles. The van der Waals surface area contributed by atoms with Gasteiger partial charge in [0.25, 0.3) is 0 Å². The molecule has 1 amide bonds. The lowest BCUT2D eigenvalue weighted by atomic mass is 9.85. The van der Waals surface area contributed by atoms with E-state index >= 15 is 0 Å². The number of benzene rings is 1. The SMILES string of the molecule is CC1(C)C(=O)Nc2c(Cl)cc(CCCN)cc21. The molecule has 4 heteroatoms. The lowest BCUT2D eigenvalue weighted by Crippen LogP contribution is -2.26. The van der Waals surface area contributed by atoms with E-state index in [-0.39, 0.29) is 5.91 Å². The molecule has 0 bridgehead atoms. The van der Waals surface area contributed by atoms with E-state index in [4.69, 9.17) is 17.3 Å². The van der Waals surface area contributed by atoms with E-state index < -0.39 is 5.41 Å². The lowest BCUT2D eigenvalue weighted by Gasteiger charge is -2.16. The van der Waals surface area contributed by atoms with Gasteiger partial charge in [-0.3, -0.25) is 4.79 Å². The maximum Gasteiger partial charge on any atom is 0.234 e. The molecule has 0 atom stereocenters. The first-order chi connectivity index (χ1) is 7.96. The Hall–Kier alpha value is -1.06. The third-order valence-corrected chi connectivity index (χ3v) is 3.60. The van der Waals surface area contributed by atoms with Gasteiger partial charge in [0.15, 0.2) is 0 Å². The largest absolute Gasteiger partial charge is 0.330 e. The van der Waals surface area contributed by atoms with Crippen LogP contribution >= 0.6 is 11.6 Å². The Morgan fingerprint density at radius 2 is 2.12 bits per heavy atom. The smallest absolute Gasteiger partial charge is 0.234 e. The third-order valence-electron chi connectivity index (χ3n) is 3.30. The number of halogens is 1. The van der Waals surface area contributed by atoms with Gasteiger partial charge in [-0.25, -0.2) is 0 Å². The van der Waals surface area contributed by atoms with Gasteiger partial charge in [-0.05, 0) is 50.4 Å². The quantitative estimate of drug-likeness (QED) is 0.868. The number of nitrogens with two attached hydrogens (primary N) is 1. The first-order valence-electron chi connectivity index (χ1n) is 5.81. The van der Waals surface area contributed by atoms with Crippen LogP contribution in [0, 0.1) is 0 Å². The number of nitrogens with one attached hydrogen (secondary N) is 1. The molecule has 2 rings (SSSR count). The van der Waals surface area contributed by atoms with Crippen LogP contribution in [0.2, 0.25) is 5.02 Å². The second-order valence-corrected chi connectivity index (χ2v) is 5.38. The highest BCUT2D eigenvalue weighted by Crippen LogP contribution is 2.42. The van der Waals surface area contributed by atoms with Crippen molar-refractivity contribution in [3.05, 3.63) is 28.3 Å². The zero-order valence-electron chi connectivity index (χ0n) is 10.1. The maximum atomic E-state index is 11.8. The van der Waals surface area contributed by atoms with Crippen LogP contribution in [0.3, 0.4) is 0 Å². The molecular formula is C13H17ClN2O. The average Bonchev–Trinajstić information content (AvgIpc) is 2.50. The molecule has 0 fully saturated rings. The number of hydrogen-bond donors (Lipinski definition) is 2. The molecule has 1 aliphatic rings. The highest BCUT2D eigenvalue weighted by molar-refractivity contribution is 6.34. The molecule has 0 aliphatic carbocycles. The fourth-order valence-electron chi connectivity index (χ4n) is 2.13. The van der Waals surface area contributed by atoms with Crippen molar-refractivity contribution in [1.82, 2.24) is 0 Å². The molecule has 0 aromatic heterocycles. The number of hydrogen-bond acceptors (Lipinski definition) is 2. The molecule has 0 spiro atoms. The van der Waals surface area contributed by atoms with Gasteiger partial charge >= 0.3 is 0 Å². The Balaban J connectivity index is 2.44. The summed E-state index contributed by atoms with van der Waals surface area (Å²) in [5, 5.41) is 3.46. The number of carbonyl (C=O) groups is 1. The van der Waals surface area contributed by atoms with Gasteiger partial charge in [0, 0.05) is 0 Å². The molecule has 1 aromatic rings. The number of fused-ring (bicyclic) bond motifs is 1. The van der Waals surface area contributed by atoms with Crippen molar-refractivity contribution in [2.75, 3.05) is 11.9 Å². The number of anilines is 1. The zero-order valence-corrected chi connectivity index (χ0v) is 10.9. The lowest BCUT2D eigenvalue weighted by molar-refractivity contribution is -0.119. The summed E-state index contributed by atoms with van der Waals surface area (Å²) in [6.45, 7) is 4.49. The summed E-state index contributed by atoms with van der Waals surface area (Å²) < 4.78 is 0. The van der Waals surface area contributed by atoms with Gasteiger partial charge < -0.3 is 11.1 Å². The van der Waals surface area contributed by atoms with E-state index in [1.54, 1.807) is 0 Å². The predicted octanol–water partition coefficient (Wildman–Crippen LogP) is 2.46. The minimum Gasteiger partial charge on any atom is -0.330 e. The zero-order chi connectivity index (χ0) is 12.6. The van der Waals surface area contributed by atoms with Crippen LogP contribution in [0.25, 0.3) is 0 Å². The fraction of sp³-hybridized carbons (Fsp3) is 0.462. The minimum absolute atomic E-state index is 0.00498. The van der Waals surface area contributed by atoms with Crippen LogP contribution in [0.4, 0.5) is 5.69 Å². The van der Waals surface area contributed by atoms with Crippen LogP contribution in [0.15, 0.2) is 12.1 Å². The van der Waals surface area contributed by atoms with Gasteiger partial charge in [0.05, 0.1) is 16.1 Å². The van der Waals surface area contributed by atoms with E-state index in [9.17, 15) is 4.79 Å². The van der Waals surface area contributed by atoms with Gasteiger partial charge in [-0.1, -0.05) is 17.7 Å². The van der Waals surface area contributed by atoms with Gasteiger partial charge in [0.2, 0.25) is 5.91 Å². The Labute approximate surface area is 106 Å². The van der Waals surface area contributed by atoms with Gasteiger partial charge in [0.1, 0.15) is 0 Å². The summed E-state index contributed by atoms with van der Waals surface area (Å²) >= 11 is 6.20. The Kier molecular flexibility index (Phi) is 3.15. The van der Waals surface area contributed by atoms with Crippen molar-refractivity contribution in [2.45, 2.75) is 32.1 Å². The van der Waals surface area contributed by atoms with Crippen LogP contribution < -0.4 is 11.1 Å². The van der Waals surface area contributed by atoms with E-state index in [0.29, 0.717) is 11.6 Å². The highest BCUT2D eigenvalue weighted by Gasteiger charge is 2.39. The van der Waals surface area contributed by atoms with Crippen molar-refractivity contribution in [3.63, 3.8) is 0 Å². The third kappa shape index (κ3) is 2.05. The Morgan fingerprint density at radius 3 is 2.76 bits per heavy atom. The summed E-state index contributed by atoms with van der Waals surface area (Å²) in [4.78, 5) is 11.8.